The first kappa shape index (κ1) is 17.3. The van der Waals surface area contributed by atoms with Crippen LogP contribution in [0.5, 0.6) is 0 Å². The van der Waals surface area contributed by atoms with Crippen molar-refractivity contribution in [3.8, 4) is 0 Å². The Kier molecular flexibility index (Phi) is 6.24. The number of carbonyl (C=O) groups is 1. The van der Waals surface area contributed by atoms with Crippen LogP contribution < -0.4 is 5.32 Å². The van der Waals surface area contributed by atoms with Gasteiger partial charge >= 0.3 is 0 Å². The number of nitrogens with zero attached hydrogens (tertiary/aromatic N) is 1. The van der Waals surface area contributed by atoms with Crippen LogP contribution in [0.25, 0.3) is 0 Å². The van der Waals surface area contributed by atoms with Crippen molar-refractivity contribution in [3.05, 3.63) is 35.9 Å². The molecule has 2 heterocycles. The van der Waals surface area contributed by atoms with Gasteiger partial charge in [-0.05, 0) is 31.7 Å². The maximum absolute atomic E-state index is 12.9. The van der Waals surface area contributed by atoms with Gasteiger partial charge in [0.1, 0.15) is 0 Å². The molecule has 3 unspecified atom stereocenters. The molecule has 3 atom stereocenters. The lowest BCUT2D eigenvalue weighted by Crippen LogP contribution is -2.42. The van der Waals surface area contributed by atoms with E-state index in [2.05, 4.69) is 5.32 Å². The SMILES string of the molecule is CCOC(C(=O)N1CCC2CCC(C1)N2)c1ccccc1.Cl. The highest BCUT2D eigenvalue weighted by atomic mass is 35.5. The number of hydrogen-bond donors (Lipinski definition) is 1. The first-order valence-corrected chi connectivity index (χ1v) is 7.99. The third-order valence-corrected chi connectivity index (χ3v) is 4.49. The zero-order chi connectivity index (χ0) is 14.7. The van der Waals surface area contributed by atoms with E-state index in [1.807, 2.05) is 42.2 Å². The molecule has 1 N–H and O–H groups in total. The quantitative estimate of drug-likeness (QED) is 0.925. The smallest absolute Gasteiger partial charge is 0.256 e. The number of likely N-dealkylation sites (tertiary alicyclic amines) is 1. The Morgan fingerprint density at radius 2 is 2.00 bits per heavy atom. The number of fused-ring (bicyclic) bond motifs is 2. The molecule has 0 aromatic heterocycles. The van der Waals surface area contributed by atoms with E-state index in [0.29, 0.717) is 18.7 Å². The predicted molar refractivity (Wildman–Crippen MR) is 89.2 cm³/mol. The fourth-order valence-electron chi connectivity index (χ4n) is 3.41. The summed E-state index contributed by atoms with van der Waals surface area (Å²) in [4.78, 5) is 14.9. The number of benzene rings is 1. The Balaban J connectivity index is 0.00000176. The fourth-order valence-corrected chi connectivity index (χ4v) is 3.41. The summed E-state index contributed by atoms with van der Waals surface area (Å²) < 4.78 is 5.75. The minimum atomic E-state index is -0.465. The van der Waals surface area contributed by atoms with E-state index in [4.69, 9.17) is 4.74 Å². The summed E-state index contributed by atoms with van der Waals surface area (Å²) in [5.41, 5.74) is 0.951. The highest BCUT2D eigenvalue weighted by molar-refractivity contribution is 5.85. The summed E-state index contributed by atoms with van der Waals surface area (Å²) in [6.07, 6.45) is 3.02. The molecule has 1 amide bonds. The van der Waals surface area contributed by atoms with Crippen LogP contribution in [0.3, 0.4) is 0 Å². The lowest BCUT2D eigenvalue weighted by molar-refractivity contribution is -0.144. The maximum atomic E-state index is 12.9. The van der Waals surface area contributed by atoms with E-state index in [1.54, 1.807) is 0 Å². The zero-order valence-corrected chi connectivity index (χ0v) is 13.8. The van der Waals surface area contributed by atoms with Gasteiger partial charge in [-0.3, -0.25) is 4.79 Å². The normalized spacial score (nSPS) is 25.2. The van der Waals surface area contributed by atoms with E-state index >= 15 is 0 Å². The van der Waals surface area contributed by atoms with Gasteiger partial charge in [0.15, 0.2) is 6.10 Å². The summed E-state index contributed by atoms with van der Waals surface area (Å²) in [6, 6.07) is 10.9. The standard InChI is InChI=1S/C17H24N2O2.ClH/c1-2-21-16(13-6-4-3-5-7-13)17(20)19-11-10-14-8-9-15(12-19)18-14;/h3-7,14-16,18H,2,8-12H2,1H3;1H. The Bertz CT molecular complexity index is 483. The number of ether oxygens (including phenoxy) is 1. The lowest BCUT2D eigenvalue weighted by Gasteiger charge is -2.28. The van der Waals surface area contributed by atoms with Gasteiger partial charge in [-0.15, -0.1) is 12.4 Å². The minimum absolute atomic E-state index is 0. The molecule has 3 rings (SSSR count). The van der Waals surface area contributed by atoms with Crippen LogP contribution >= 0.6 is 12.4 Å². The van der Waals surface area contributed by atoms with Crippen molar-refractivity contribution in [2.75, 3.05) is 19.7 Å². The molecule has 2 saturated heterocycles. The molecule has 2 aliphatic heterocycles. The Hall–Kier alpha value is -1.10. The van der Waals surface area contributed by atoms with Gasteiger partial charge in [0.2, 0.25) is 0 Å². The van der Waals surface area contributed by atoms with Crippen molar-refractivity contribution < 1.29 is 9.53 Å². The summed E-state index contributed by atoms with van der Waals surface area (Å²) in [5, 5.41) is 3.61. The van der Waals surface area contributed by atoms with Crippen molar-refractivity contribution in [2.24, 2.45) is 0 Å². The molecular formula is C17H25ClN2O2. The molecule has 1 aromatic carbocycles. The summed E-state index contributed by atoms with van der Waals surface area (Å²) in [6.45, 7) is 4.13. The highest BCUT2D eigenvalue weighted by Gasteiger charge is 2.34. The minimum Gasteiger partial charge on any atom is -0.364 e. The molecule has 2 bridgehead atoms. The Labute approximate surface area is 138 Å². The van der Waals surface area contributed by atoms with Crippen LogP contribution in [0.2, 0.25) is 0 Å². The van der Waals surface area contributed by atoms with Gasteiger partial charge in [0.25, 0.3) is 5.91 Å². The molecule has 2 fully saturated rings. The molecule has 2 aliphatic rings. The van der Waals surface area contributed by atoms with Crippen LogP contribution in [0.15, 0.2) is 30.3 Å². The van der Waals surface area contributed by atoms with Crippen LogP contribution in [-0.4, -0.2) is 42.6 Å². The van der Waals surface area contributed by atoms with E-state index in [0.717, 1.165) is 25.1 Å². The van der Waals surface area contributed by atoms with Gasteiger partial charge in [-0.25, -0.2) is 0 Å². The molecule has 1 aromatic rings. The van der Waals surface area contributed by atoms with Crippen molar-refractivity contribution in [1.29, 1.82) is 0 Å². The number of carbonyl (C=O) groups excluding carboxylic acids is 1. The van der Waals surface area contributed by atoms with Crippen LogP contribution in [0, 0.1) is 0 Å². The molecule has 0 spiro atoms. The molecule has 5 heteroatoms. The van der Waals surface area contributed by atoms with E-state index < -0.39 is 6.10 Å². The molecule has 0 aliphatic carbocycles. The molecule has 0 saturated carbocycles. The van der Waals surface area contributed by atoms with E-state index in [1.165, 1.54) is 12.8 Å². The second-order valence-electron chi connectivity index (χ2n) is 5.96. The monoisotopic (exact) mass is 324 g/mol. The van der Waals surface area contributed by atoms with Crippen molar-refractivity contribution in [3.63, 3.8) is 0 Å². The Morgan fingerprint density at radius 1 is 1.27 bits per heavy atom. The topological polar surface area (TPSA) is 41.6 Å². The number of amides is 1. The van der Waals surface area contributed by atoms with Crippen LogP contribution in [-0.2, 0) is 9.53 Å². The molecule has 4 nitrogen and oxygen atoms in total. The largest absolute Gasteiger partial charge is 0.364 e. The fraction of sp³-hybridized carbons (Fsp3) is 0.588. The summed E-state index contributed by atoms with van der Waals surface area (Å²) >= 11 is 0. The number of rotatable bonds is 4. The zero-order valence-electron chi connectivity index (χ0n) is 13.0. The first-order chi connectivity index (χ1) is 10.3. The van der Waals surface area contributed by atoms with E-state index in [-0.39, 0.29) is 18.3 Å². The van der Waals surface area contributed by atoms with Gasteiger partial charge in [-0.1, -0.05) is 30.3 Å². The highest BCUT2D eigenvalue weighted by Crippen LogP contribution is 2.25. The van der Waals surface area contributed by atoms with Gasteiger partial charge in [0, 0.05) is 31.8 Å². The molecule has 0 radical (unpaired) electrons. The number of halogens is 1. The Morgan fingerprint density at radius 3 is 2.73 bits per heavy atom. The summed E-state index contributed by atoms with van der Waals surface area (Å²) in [7, 11) is 0. The van der Waals surface area contributed by atoms with Gasteiger partial charge < -0.3 is 15.0 Å². The van der Waals surface area contributed by atoms with E-state index in [9.17, 15) is 4.79 Å². The van der Waals surface area contributed by atoms with Gasteiger partial charge in [0.05, 0.1) is 0 Å². The second-order valence-corrected chi connectivity index (χ2v) is 5.96. The lowest BCUT2D eigenvalue weighted by atomic mass is 10.1. The summed E-state index contributed by atoms with van der Waals surface area (Å²) in [5.74, 6) is 0.109. The maximum Gasteiger partial charge on any atom is 0.256 e. The molecule has 122 valence electrons. The predicted octanol–water partition coefficient (Wildman–Crippen LogP) is 2.54. The van der Waals surface area contributed by atoms with Crippen molar-refractivity contribution >= 4 is 18.3 Å². The van der Waals surface area contributed by atoms with Crippen molar-refractivity contribution in [1.82, 2.24) is 10.2 Å². The molecule has 22 heavy (non-hydrogen) atoms. The third kappa shape index (κ3) is 3.80. The first-order valence-electron chi connectivity index (χ1n) is 7.99. The third-order valence-electron chi connectivity index (χ3n) is 4.49. The van der Waals surface area contributed by atoms with Gasteiger partial charge in [-0.2, -0.15) is 0 Å². The average molecular weight is 325 g/mol. The second kappa shape index (κ2) is 7.95. The number of hydrogen-bond acceptors (Lipinski definition) is 3. The molecular weight excluding hydrogens is 300 g/mol. The average Bonchev–Trinajstić information content (AvgIpc) is 2.84. The number of nitrogens with one attached hydrogen (secondary N) is 1. The van der Waals surface area contributed by atoms with Crippen LogP contribution in [0.4, 0.5) is 0 Å². The van der Waals surface area contributed by atoms with Crippen molar-refractivity contribution in [2.45, 2.75) is 44.4 Å². The van der Waals surface area contributed by atoms with Crippen LogP contribution in [0.1, 0.15) is 37.9 Å².